The van der Waals surface area contributed by atoms with Gasteiger partial charge in [0.15, 0.2) is 0 Å². The van der Waals surface area contributed by atoms with Crippen LogP contribution in [0, 0.1) is 23.7 Å². The lowest BCUT2D eigenvalue weighted by atomic mass is 9.72. The number of rotatable bonds is 21. The van der Waals surface area contributed by atoms with Gasteiger partial charge >= 0.3 is 0 Å². The fourth-order valence-corrected chi connectivity index (χ4v) is 13.1. The maximum absolute atomic E-state index is 13.1. The summed E-state index contributed by atoms with van der Waals surface area (Å²) in [6.45, 7) is 46.0. The van der Waals surface area contributed by atoms with E-state index in [0.717, 1.165) is 51.4 Å². The minimum Gasteiger partial charge on any atom is -0.355 e. The molecule has 20 heteroatoms. The zero-order chi connectivity index (χ0) is 56.5. The van der Waals surface area contributed by atoms with E-state index in [0.29, 0.717) is 48.8 Å². The van der Waals surface area contributed by atoms with Crippen molar-refractivity contribution in [2.45, 2.75) is 258 Å². The number of aromatic nitrogens is 6. The van der Waals surface area contributed by atoms with Crippen LogP contribution in [0.4, 0.5) is 35.7 Å². The predicted octanol–water partition coefficient (Wildman–Crippen LogP) is 7.24. The Labute approximate surface area is 457 Å². The summed E-state index contributed by atoms with van der Waals surface area (Å²) in [6.07, 6.45) is 7.04. The van der Waals surface area contributed by atoms with E-state index in [2.05, 4.69) is 202 Å². The molecule has 6 rings (SSSR count). The molecule has 0 saturated carbocycles. The first kappa shape index (κ1) is 60.8. The van der Waals surface area contributed by atoms with Gasteiger partial charge in [0.2, 0.25) is 47.5 Å². The minimum atomic E-state index is -0.137. The van der Waals surface area contributed by atoms with E-state index in [1.54, 1.807) is 0 Å². The Morgan fingerprint density at radius 3 is 0.842 bits per heavy atom. The van der Waals surface area contributed by atoms with Gasteiger partial charge in [-0.05, 0) is 173 Å². The Hall–Kier alpha value is -4.40. The lowest BCUT2D eigenvalue weighted by molar-refractivity contribution is -0.120. The topological polar surface area (TPSA) is 256 Å². The molecule has 4 saturated heterocycles. The van der Waals surface area contributed by atoms with Crippen molar-refractivity contribution in [3.05, 3.63) is 0 Å². The molecule has 2 aromatic heterocycles. The highest BCUT2D eigenvalue weighted by atomic mass is 16.2. The molecule has 0 aromatic carbocycles. The molecule has 0 radical (unpaired) electrons. The zero-order valence-corrected chi connectivity index (χ0v) is 50.6. The first-order chi connectivity index (χ1) is 34.9. The first-order valence-corrected chi connectivity index (χ1v) is 28.7. The summed E-state index contributed by atoms with van der Waals surface area (Å²) in [6, 6.07) is 0.472. The van der Waals surface area contributed by atoms with Gasteiger partial charge in [0.25, 0.3) is 0 Å². The van der Waals surface area contributed by atoms with E-state index >= 15 is 0 Å². The van der Waals surface area contributed by atoms with Gasteiger partial charge in [0.1, 0.15) is 0 Å². The van der Waals surface area contributed by atoms with Crippen LogP contribution in [0.3, 0.4) is 0 Å². The van der Waals surface area contributed by atoms with Crippen LogP contribution in [0.2, 0.25) is 0 Å². The number of carbonyl (C=O) groups is 2. The predicted molar refractivity (Wildman–Crippen MR) is 311 cm³/mol. The van der Waals surface area contributed by atoms with E-state index in [9.17, 15) is 9.59 Å². The highest BCUT2D eigenvalue weighted by Gasteiger charge is 2.47. The van der Waals surface area contributed by atoms with Crippen molar-refractivity contribution in [1.29, 1.82) is 0 Å². The van der Waals surface area contributed by atoms with Gasteiger partial charge in [-0.3, -0.25) is 9.59 Å². The van der Waals surface area contributed by atoms with Gasteiger partial charge in [-0.15, -0.1) is 0 Å². The van der Waals surface area contributed by atoms with Crippen LogP contribution >= 0.6 is 0 Å². The van der Waals surface area contributed by atoms with Crippen molar-refractivity contribution in [2.75, 3.05) is 58.1 Å². The number of piperidine rings is 4. The van der Waals surface area contributed by atoms with Crippen LogP contribution < -0.4 is 63.8 Å². The van der Waals surface area contributed by atoms with E-state index < -0.39 is 0 Å². The molecule has 0 bridgehead atoms. The van der Waals surface area contributed by atoms with Gasteiger partial charge in [-0.1, -0.05) is 40.5 Å². The van der Waals surface area contributed by atoms with Crippen molar-refractivity contribution in [3.8, 4) is 0 Å². The summed E-state index contributed by atoms with van der Waals surface area (Å²) in [4.78, 5) is 55.3. The van der Waals surface area contributed by atoms with Crippen molar-refractivity contribution < 1.29 is 9.59 Å². The third kappa shape index (κ3) is 16.6. The molecule has 4 fully saturated rings. The highest BCUT2D eigenvalue weighted by Crippen LogP contribution is 2.39. The van der Waals surface area contributed by atoms with Gasteiger partial charge < -0.3 is 63.8 Å². The van der Waals surface area contributed by atoms with Crippen LogP contribution in [0.25, 0.3) is 0 Å². The second-order valence-corrected chi connectivity index (χ2v) is 28.3. The number of unbranched alkanes of at least 4 members (excludes halogenated alkanes) is 3. The monoisotopic (exact) mass is 1060 g/mol. The lowest BCUT2D eigenvalue weighted by Gasteiger charge is -2.51. The van der Waals surface area contributed by atoms with Crippen LogP contribution in [-0.4, -0.2) is 136 Å². The number of anilines is 6. The molecule has 20 nitrogen and oxygen atoms in total. The minimum absolute atomic E-state index is 0.0268. The van der Waals surface area contributed by atoms with Crippen LogP contribution in [0.1, 0.15) is 190 Å². The van der Waals surface area contributed by atoms with Gasteiger partial charge in [-0.25, -0.2) is 0 Å². The zero-order valence-electron chi connectivity index (χ0n) is 50.6. The smallest absolute Gasteiger partial charge is 0.239 e. The van der Waals surface area contributed by atoms with Crippen molar-refractivity contribution in [1.82, 2.24) is 61.8 Å². The molecule has 0 spiro atoms. The Balaban J connectivity index is 0.971. The quantitative estimate of drug-likeness (QED) is 0.0550. The first-order valence-electron chi connectivity index (χ1n) is 28.7. The number of hydrogen-bond acceptors (Lipinski definition) is 18. The van der Waals surface area contributed by atoms with Gasteiger partial charge in [0.05, 0.1) is 13.1 Å². The molecule has 430 valence electrons. The Bertz CT molecular complexity index is 2010. The highest BCUT2D eigenvalue weighted by molar-refractivity contribution is 5.80. The van der Waals surface area contributed by atoms with Crippen LogP contribution in [0.5, 0.6) is 0 Å². The fourth-order valence-electron chi connectivity index (χ4n) is 13.1. The molecule has 8 atom stereocenters. The lowest BCUT2D eigenvalue weighted by Crippen LogP contribution is -2.65. The van der Waals surface area contributed by atoms with Crippen molar-refractivity contribution >= 4 is 47.5 Å². The molecule has 12 N–H and O–H groups in total. The average Bonchev–Trinajstić information content (AvgIpc) is 3.25. The molecule has 0 aliphatic carbocycles. The molecule has 8 unspecified atom stereocenters. The molecule has 4 aliphatic rings. The molecule has 2 amide bonds. The summed E-state index contributed by atoms with van der Waals surface area (Å²) in [5.74, 6) is 3.50. The Morgan fingerprint density at radius 1 is 0.382 bits per heavy atom. The van der Waals surface area contributed by atoms with E-state index in [4.69, 9.17) is 29.9 Å². The molecular formula is C56H104N18O2. The van der Waals surface area contributed by atoms with Crippen molar-refractivity contribution in [2.24, 2.45) is 23.7 Å². The number of nitrogens with zero attached hydrogens (tertiary/aromatic N) is 6. The summed E-state index contributed by atoms with van der Waals surface area (Å²) in [5, 5.41) is 42.4. The largest absolute Gasteiger partial charge is 0.355 e. The standard InChI is InChI=1S/C56H104N18O2/c1-33-37(27-49(5,6)71-53(33,13)14)61-45-65-43(66-46(69-45)62-38-28-50(7,8)72-54(15,16)34(38)2)59-31-41(75)57-25-23-21-22-24-26-58-42(76)32-60-44-67-47(63-39-29-51(9,10)73-55(17,18)35(39)3)70-48(68-44)64-40-30-52(11,12)74-56(19,20)36(40)4/h33-40,71-74H,21-32H2,1-20H3,(H,57,75)(H,58,76)(H3,59,61,62,65,66,69)(H3,60,63,64,67,68,70). The fraction of sp³-hybridized carbons (Fsp3) is 0.857. The van der Waals surface area contributed by atoms with Gasteiger partial charge in [-0.2, -0.15) is 29.9 Å². The SMILES string of the molecule is CC1C(Nc2nc(NCC(=O)NCCCCCCNC(=O)CNc3nc(NC4CC(C)(C)NC(C)(C)C4C)nc(NC4CC(C)(C)NC(C)(C)C4C)n3)nc(NC3CC(C)(C)NC(C)(C)C3C)n2)CC(C)(C)NC1(C)C. The normalized spacial score (nSPS) is 29.5. The molecule has 76 heavy (non-hydrogen) atoms. The van der Waals surface area contributed by atoms with Gasteiger partial charge in [0, 0.05) is 81.6 Å². The Morgan fingerprint density at radius 2 is 0.605 bits per heavy atom. The second kappa shape index (κ2) is 23.1. The van der Waals surface area contributed by atoms with Crippen molar-refractivity contribution in [3.63, 3.8) is 0 Å². The molecule has 2 aromatic rings. The van der Waals surface area contributed by atoms with E-state index in [1.165, 1.54) is 0 Å². The molecule has 4 aliphatic heterocycles. The maximum atomic E-state index is 13.1. The average molecular weight is 1060 g/mol. The number of hydrogen-bond donors (Lipinski definition) is 12. The Kier molecular flexibility index (Phi) is 18.5. The van der Waals surface area contributed by atoms with Crippen LogP contribution in [0.15, 0.2) is 0 Å². The van der Waals surface area contributed by atoms with E-state index in [-0.39, 0.29) is 117 Å². The third-order valence-electron chi connectivity index (χ3n) is 17.6. The molecular weight excluding hydrogens is 957 g/mol. The second-order valence-electron chi connectivity index (χ2n) is 28.3. The van der Waals surface area contributed by atoms with E-state index in [1.807, 2.05) is 0 Å². The summed E-state index contributed by atoms with van der Waals surface area (Å²) < 4.78 is 0. The summed E-state index contributed by atoms with van der Waals surface area (Å²) in [7, 11) is 0. The number of nitrogens with one attached hydrogen (secondary N) is 12. The summed E-state index contributed by atoms with van der Waals surface area (Å²) >= 11 is 0. The number of amides is 2. The summed E-state index contributed by atoms with van der Waals surface area (Å²) in [5.41, 5.74) is -0.712. The maximum Gasteiger partial charge on any atom is 0.239 e. The third-order valence-corrected chi connectivity index (χ3v) is 17.6. The molecule has 6 heterocycles. The van der Waals surface area contributed by atoms with Crippen LogP contribution in [-0.2, 0) is 9.59 Å². The number of carbonyl (C=O) groups excluding carboxylic acids is 2.